The Balaban J connectivity index is 1.65. The number of carbonyl (C=O) groups excluding carboxylic acids is 3. The van der Waals surface area contributed by atoms with Gasteiger partial charge in [-0.25, -0.2) is 4.79 Å². The fourth-order valence-electron chi connectivity index (χ4n) is 4.65. The fourth-order valence-corrected chi connectivity index (χ4v) is 4.65. The molecule has 200 valence electrons. The molecule has 0 aliphatic heterocycles. The molecule has 0 saturated carbocycles. The van der Waals surface area contributed by atoms with Crippen molar-refractivity contribution in [1.29, 1.82) is 0 Å². The van der Waals surface area contributed by atoms with Crippen molar-refractivity contribution < 1.29 is 29.0 Å². The van der Waals surface area contributed by atoms with Gasteiger partial charge < -0.3 is 25.5 Å². The maximum Gasteiger partial charge on any atom is 0.326 e. The van der Waals surface area contributed by atoms with E-state index in [4.69, 9.17) is 10.5 Å². The van der Waals surface area contributed by atoms with Crippen LogP contribution in [0.1, 0.15) is 34.1 Å². The number of hydrogen-bond acceptors (Lipinski definition) is 5. The van der Waals surface area contributed by atoms with Crippen molar-refractivity contribution in [2.75, 3.05) is 6.61 Å². The second kappa shape index (κ2) is 12.1. The number of nitrogens with two attached hydrogens (primary N) is 1. The number of carbonyl (C=O) groups is 4. The molecule has 0 unspecified atom stereocenters. The molecule has 0 saturated heterocycles. The summed E-state index contributed by atoms with van der Waals surface area (Å²) in [7, 11) is 0. The third-order valence-electron chi connectivity index (χ3n) is 6.40. The molecule has 1 heterocycles. The van der Waals surface area contributed by atoms with Crippen LogP contribution in [0.2, 0.25) is 0 Å². The molecule has 4 rings (SSSR count). The van der Waals surface area contributed by atoms with Crippen LogP contribution in [0.4, 0.5) is 0 Å². The number of amides is 2. The summed E-state index contributed by atoms with van der Waals surface area (Å²) in [6.45, 7) is 1.82. The number of carboxylic acids is 1. The Bertz CT molecular complexity index is 1510. The molecule has 4 aromatic rings. The van der Waals surface area contributed by atoms with Crippen molar-refractivity contribution in [2.45, 2.75) is 32.4 Å². The van der Waals surface area contributed by atoms with E-state index in [2.05, 4.69) is 5.32 Å². The lowest BCUT2D eigenvalue weighted by Crippen LogP contribution is -2.44. The molecule has 0 spiro atoms. The van der Waals surface area contributed by atoms with Gasteiger partial charge in [0.15, 0.2) is 6.61 Å². The van der Waals surface area contributed by atoms with Crippen LogP contribution in [0.5, 0.6) is 5.75 Å². The summed E-state index contributed by atoms with van der Waals surface area (Å²) < 4.78 is 7.76. The van der Waals surface area contributed by atoms with Crippen LogP contribution >= 0.6 is 0 Å². The molecule has 1 atom stereocenters. The lowest BCUT2D eigenvalue weighted by Gasteiger charge is -2.15. The van der Waals surface area contributed by atoms with Crippen LogP contribution in [-0.2, 0) is 33.8 Å². The summed E-state index contributed by atoms with van der Waals surface area (Å²) in [4.78, 5) is 49.5. The minimum Gasteiger partial charge on any atom is -0.483 e. The van der Waals surface area contributed by atoms with E-state index in [9.17, 15) is 24.3 Å². The van der Waals surface area contributed by atoms with E-state index < -0.39 is 36.2 Å². The van der Waals surface area contributed by atoms with Gasteiger partial charge in [-0.1, -0.05) is 73.7 Å². The monoisotopic (exact) mass is 527 g/mol. The zero-order valence-electron chi connectivity index (χ0n) is 21.4. The first-order valence-electron chi connectivity index (χ1n) is 12.5. The van der Waals surface area contributed by atoms with Crippen molar-refractivity contribution in [2.24, 2.45) is 5.73 Å². The molecule has 0 bridgehead atoms. The highest BCUT2D eigenvalue weighted by Crippen LogP contribution is 2.35. The zero-order valence-corrected chi connectivity index (χ0v) is 21.4. The van der Waals surface area contributed by atoms with Gasteiger partial charge in [0.25, 0.3) is 17.6 Å². The van der Waals surface area contributed by atoms with Gasteiger partial charge >= 0.3 is 5.97 Å². The molecule has 0 aliphatic carbocycles. The number of fused-ring (bicyclic) bond motifs is 1. The average molecular weight is 528 g/mol. The number of hydrogen-bond donors (Lipinski definition) is 3. The number of rotatable bonds is 12. The van der Waals surface area contributed by atoms with Crippen LogP contribution < -0.4 is 15.8 Å². The Morgan fingerprint density at radius 2 is 1.56 bits per heavy atom. The number of aromatic nitrogens is 1. The minimum atomic E-state index is -1.17. The van der Waals surface area contributed by atoms with Gasteiger partial charge in [0.1, 0.15) is 11.8 Å². The highest BCUT2D eigenvalue weighted by atomic mass is 16.5. The van der Waals surface area contributed by atoms with E-state index >= 15 is 0 Å². The van der Waals surface area contributed by atoms with E-state index in [0.717, 1.165) is 11.1 Å². The summed E-state index contributed by atoms with van der Waals surface area (Å²) >= 11 is 0. The smallest absolute Gasteiger partial charge is 0.326 e. The summed E-state index contributed by atoms with van der Waals surface area (Å²) in [6, 6.07) is 22.6. The molecule has 0 aliphatic rings. The van der Waals surface area contributed by atoms with Crippen LogP contribution in [0, 0.1) is 0 Å². The van der Waals surface area contributed by atoms with Crippen molar-refractivity contribution in [3.05, 3.63) is 101 Å². The first-order valence-corrected chi connectivity index (χ1v) is 12.5. The molecule has 4 N–H and O–H groups in total. The number of ether oxygens (including phenoxy) is 1. The van der Waals surface area contributed by atoms with E-state index in [1.807, 2.05) is 54.0 Å². The number of nitrogens with zero attached hydrogens (tertiary/aromatic N) is 1. The summed E-state index contributed by atoms with van der Waals surface area (Å²) in [5.41, 5.74) is 8.56. The van der Waals surface area contributed by atoms with Gasteiger partial charge in [0.2, 0.25) is 0 Å². The van der Waals surface area contributed by atoms with Crippen LogP contribution in [0.25, 0.3) is 10.9 Å². The molecule has 9 heteroatoms. The normalized spacial score (nSPS) is 11.6. The molecule has 0 radical (unpaired) electrons. The van der Waals surface area contributed by atoms with Crippen molar-refractivity contribution in [3.63, 3.8) is 0 Å². The first kappa shape index (κ1) is 27.1. The summed E-state index contributed by atoms with van der Waals surface area (Å²) in [6.07, 6.45) is 0.548. The Kier molecular flexibility index (Phi) is 8.40. The Morgan fingerprint density at radius 1 is 0.923 bits per heavy atom. The number of carboxylic acid groups (broad SMARTS) is 1. The Morgan fingerprint density at radius 3 is 2.15 bits per heavy atom. The van der Waals surface area contributed by atoms with Crippen molar-refractivity contribution >= 4 is 34.5 Å². The summed E-state index contributed by atoms with van der Waals surface area (Å²) in [5.74, 6) is -3.55. The largest absolute Gasteiger partial charge is 0.483 e. The topological polar surface area (TPSA) is 141 Å². The third kappa shape index (κ3) is 6.15. The minimum absolute atomic E-state index is 0.108. The molecule has 39 heavy (non-hydrogen) atoms. The van der Waals surface area contributed by atoms with E-state index in [1.54, 1.807) is 36.4 Å². The standard InChI is InChI=1S/C30H29N3O6/c1-2-22-27(28(35)29(31)36)26-23(33(22)17-20-12-7-4-8-13-20)14-9-15-24(26)39-18-25(34)32-21(30(37)38)16-19-10-5-3-6-11-19/h3-15,21H,2,16-18H2,1H3,(H2,31,36)(H,32,34)(H,37,38)/t21-/m1/s1. The van der Waals surface area contributed by atoms with E-state index in [1.165, 1.54) is 0 Å². The van der Waals surface area contributed by atoms with Gasteiger partial charge in [-0.2, -0.15) is 0 Å². The van der Waals surface area contributed by atoms with Gasteiger partial charge in [0.05, 0.1) is 16.5 Å². The molecule has 0 fully saturated rings. The average Bonchev–Trinajstić information content (AvgIpc) is 3.25. The van der Waals surface area contributed by atoms with Gasteiger partial charge in [0, 0.05) is 18.7 Å². The van der Waals surface area contributed by atoms with E-state index in [0.29, 0.717) is 29.6 Å². The summed E-state index contributed by atoms with van der Waals surface area (Å²) in [5, 5.41) is 12.5. The lowest BCUT2D eigenvalue weighted by atomic mass is 10.0. The number of aliphatic carboxylic acids is 1. The van der Waals surface area contributed by atoms with Crippen molar-refractivity contribution in [1.82, 2.24) is 9.88 Å². The van der Waals surface area contributed by atoms with Gasteiger partial charge in [-0.3, -0.25) is 14.4 Å². The Labute approximate surface area is 225 Å². The van der Waals surface area contributed by atoms with Gasteiger partial charge in [-0.05, 0) is 29.7 Å². The number of ketones is 1. The molecule has 1 aromatic heterocycles. The van der Waals surface area contributed by atoms with Crippen LogP contribution in [0.3, 0.4) is 0 Å². The lowest BCUT2D eigenvalue weighted by molar-refractivity contribution is -0.142. The molecule has 3 aromatic carbocycles. The number of primary amides is 1. The van der Waals surface area contributed by atoms with Crippen LogP contribution in [-0.4, -0.2) is 45.9 Å². The number of nitrogens with one attached hydrogen (secondary N) is 1. The Hall–Kier alpha value is -4.92. The second-order valence-corrected chi connectivity index (χ2v) is 9.03. The quantitative estimate of drug-likeness (QED) is 0.191. The highest BCUT2D eigenvalue weighted by Gasteiger charge is 2.28. The predicted octanol–water partition coefficient (Wildman–Crippen LogP) is 3.11. The third-order valence-corrected chi connectivity index (χ3v) is 6.40. The number of Topliss-reactive ketones (excluding diaryl/α,β-unsaturated/α-hetero) is 1. The predicted molar refractivity (Wildman–Crippen MR) is 146 cm³/mol. The van der Waals surface area contributed by atoms with E-state index in [-0.39, 0.29) is 17.7 Å². The maximum absolute atomic E-state index is 13.0. The first-order chi connectivity index (χ1) is 18.8. The van der Waals surface area contributed by atoms with Crippen molar-refractivity contribution in [3.8, 4) is 5.75 Å². The number of benzene rings is 3. The SMILES string of the molecule is CCc1c(C(=O)C(N)=O)c2c(OCC(=O)N[C@H](Cc3ccccc3)C(=O)O)cccc2n1Cc1ccccc1. The zero-order chi connectivity index (χ0) is 27.9. The maximum atomic E-state index is 13.0. The molecular formula is C30H29N3O6. The highest BCUT2D eigenvalue weighted by molar-refractivity contribution is 6.45. The fraction of sp³-hybridized carbons (Fsp3) is 0.200. The van der Waals surface area contributed by atoms with Gasteiger partial charge in [-0.15, -0.1) is 0 Å². The molecule has 9 nitrogen and oxygen atoms in total. The van der Waals surface area contributed by atoms with Crippen LogP contribution in [0.15, 0.2) is 78.9 Å². The second-order valence-electron chi connectivity index (χ2n) is 9.03. The molecular weight excluding hydrogens is 498 g/mol. The molecule has 2 amide bonds.